The van der Waals surface area contributed by atoms with E-state index < -0.39 is 18.5 Å². The first-order valence-electron chi connectivity index (χ1n) is 11.9. The summed E-state index contributed by atoms with van der Waals surface area (Å²) < 4.78 is -0.487. The van der Waals surface area contributed by atoms with Crippen molar-refractivity contribution in [2.24, 2.45) is 0 Å². The molecule has 0 bridgehead atoms. The molecule has 1 fully saturated rings. The fraction of sp³-hybridized carbons (Fsp3) is 0.429. The summed E-state index contributed by atoms with van der Waals surface area (Å²) in [6.07, 6.45) is 17.1. The van der Waals surface area contributed by atoms with Crippen LogP contribution in [-0.4, -0.2) is 12.5 Å². The highest BCUT2D eigenvalue weighted by atomic mass is 36.0. The van der Waals surface area contributed by atoms with Crippen LogP contribution in [0.25, 0.3) is 11.1 Å². The second-order valence-electron chi connectivity index (χ2n) is 9.77. The van der Waals surface area contributed by atoms with Gasteiger partial charge in [-0.1, -0.05) is 87.4 Å². The molecule has 0 radical (unpaired) electrons. The molecular formula is C28H34Cl2S2. The molecule has 1 aliphatic heterocycles. The van der Waals surface area contributed by atoms with Crippen molar-refractivity contribution in [2.75, 3.05) is 12.5 Å². The molecule has 5 rings (SSSR count). The van der Waals surface area contributed by atoms with Crippen molar-refractivity contribution in [1.82, 2.24) is 0 Å². The van der Waals surface area contributed by atoms with Gasteiger partial charge in [0.1, 0.15) is 8.16 Å². The van der Waals surface area contributed by atoms with E-state index in [0.29, 0.717) is 0 Å². The first-order valence-corrected chi connectivity index (χ1v) is 17.6. The second kappa shape index (κ2) is 7.87. The van der Waals surface area contributed by atoms with E-state index in [4.69, 9.17) is 21.4 Å². The summed E-state index contributed by atoms with van der Waals surface area (Å²) in [5, 5.41) is 0. The molecule has 4 heteroatoms. The van der Waals surface area contributed by atoms with E-state index in [1.165, 1.54) is 59.1 Å². The summed E-state index contributed by atoms with van der Waals surface area (Å²) in [4.78, 5) is 0. The Kier molecular flexibility index (Phi) is 5.65. The molecule has 1 saturated heterocycles. The predicted molar refractivity (Wildman–Crippen MR) is 150 cm³/mol. The lowest BCUT2D eigenvalue weighted by Crippen LogP contribution is -2.56. The molecule has 0 amide bonds. The molecule has 0 aromatic heterocycles. The molecule has 1 heterocycles. The Morgan fingerprint density at radius 3 is 1.47 bits per heavy atom. The summed E-state index contributed by atoms with van der Waals surface area (Å²) in [6.45, 7) is 4.53. The lowest BCUT2D eigenvalue weighted by molar-refractivity contribution is 0.824. The van der Waals surface area contributed by atoms with Crippen LogP contribution < -0.4 is 0 Å². The van der Waals surface area contributed by atoms with E-state index in [9.17, 15) is 0 Å². The van der Waals surface area contributed by atoms with Crippen LogP contribution in [0.4, 0.5) is 0 Å². The number of halogens is 2. The van der Waals surface area contributed by atoms with E-state index >= 15 is 0 Å². The van der Waals surface area contributed by atoms with Gasteiger partial charge in [-0.25, -0.2) is 10.0 Å². The first kappa shape index (κ1) is 23.0. The van der Waals surface area contributed by atoms with Crippen LogP contribution in [-0.2, 0) is 8.16 Å². The average Bonchev–Trinajstić information content (AvgIpc) is 3.33. The Labute approximate surface area is 206 Å². The molecule has 0 nitrogen and oxygen atoms in total. The van der Waals surface area contributed by atoms with Crippen molar-refractivity contribution in [1.29, 1.82) is 0 Å². The smallest absolute Gasteiger partial charge is 0.103 e. The quantitative estimate of drug-likeness (QED) is 0.366. The summed E-state index contributed by atoms with van der Waals surface area (Å²) >= 11 is 0. The number of hydrogen-bond acceptors (Lipinski definition) is 0. The molecule has 2 spiro atoms. The predicted octanol–water partition coefficient (Wildman–Crippen LogP) is 10.1. The third-order valence-electron chi connectivity index (χ3n) is 7.90. The maximum absolute atomic E-state index is 7.75. The van der Waals surface area contributed by atoms with E-state index in [1.54, 1.807) is 0 Å². The summed E-state index contributed by atoms with van der Waals surface area (Å²) in [7, 11) is 12.1. The molecule has 32 heavy (non-hydrogen) atoms. The van der Waals surface area contributed by atoms with Gasteiger partial charge in [-0.3, -0.25) is 0 Å². The average molecular weight is 506 g/mol. The molecule has 0 saturated carbocycles. The molecule has 0 N–H and O–H groups in total. The number of benzene rings is 2. The maximum atomic E-state index is 7.75. The van der Waals surface area contributed by atoms with Crippen molar-refractivity contribution in [3.8, 4) is 0 Å². The molecule has 2 aromatic carbocycles. The van der Waals surface area contributed by atoms with Gasteiger partial charge in [-0.05, 0) is 101 Å². The Morgan fingerprint density at radius 2 is 1.09 bits per heavy atom. The lowest BCUT2D eigenvalue weighted by atomic mass is 10.0. The summed E-state index contributed by atoms with van der Waals surface area (Å²) in [5.41, 5.74) is 8.44. The van der Waals surface area contributed by atoms with Crippen LogP contribution in [0.3, 0.4) is 0 Å². The van der Waals surface area contributed by atoms with Crippen molar-refractivity contribution >= 4 is 51.0 Å². The minimum absolute atomic E-state index is 0.243. The molecule has 172 valence electrons. The van der Waals surface area contributed by atoms with Crippen LogP contribution in [0.15, 0.2) is 60.7 Å². The Morgan fingerprint density at radius 1 is 0.688 bits per heavy atom. The van der Waals surface area contributed by atoms with Crippen LogP contribution in [0.5, 0.6) is 0 Å². The minimum Gasteiger partial charge on any atom is -0.201 e. The monoisotopic (exact) mass is 504 g/mol. The van der Waals surface area contributed by atoms with Gasteiger partial charge in [0.25, 0.3) is 0 Å². The summed E-state index contributed by atoms with van der Waals surface area (Å²) in [6, 6.07) is 17.9. The minimum atomic E-state index is -2.08. The molecule has 2 aliphatic carbocycles. The second-order valence-corrected chi connectivity index (χ2v) is 19.7. The van der Waals surface area contributed by atoms with Gasteiger partial charge in [0.2, 0.25) is 0 Å². The zero-order chi connectivity index (χ0) is 22.8. The van der Waals surface area contributed by atoms with E-state index in [2.05, 4.69) is 87.0 Å². The number of rotatable bonds is 6. The van der Waals surface area contributed by atoms with Gasteiger partial charge < -0.3 is 0 Å². The van der Waals surface area contributed by atoms with Gasteiger partial charge in [-0.2, -0.15) is 0 Å². The van der Waals surface area contributed by atoms with Gasteiger partial charge in [0, 0.05) is 0 Å². The van der Waals surface area contributed by atoms with E-state index in [1.807, 2.05) is 0 Å². The van der Waals surface area contributed by atoms with Crippen molar-refractivity contribution in [3.05, 3.63) is 82.9 Å². The normalized spacial score (nSPS) is 30.3. The maximum Gasteiger partial charge on any atom is 0.103 e. The van der Waals surface area contributed by atoms with Crippen LogP contribution >= 0.6 is 39.8 Å². The van der Waals surface area contributed by atoms with Crippen molar-refractivity contribution < 1.29 is 0 Å². The SMILES string of the molecule is CCCCC1=CC2(c3ccccc31)S(C)(C)C1(C=C(CCCC)c3ccccc31)S2(Cl)Cl. The molecule has 3 aliphatic rings. The molecule has 2 aromatic rings. The van der Waals surface area contributed by atoms with Crippen LogP contribution in [0.1, 0.15) is 74.6 Å². The fourth-order valence-electron chi connectivity index (χ4n) is 6.26. The third-order valence-corrected chi connectivity index (χ3v) is 21.8. The Balaban J connectivity index is 1.73. The Hall–Kier alpha value is -0.800. The standard InChI is InChI=1S/C28H34Cl2S2/c1-5-7-13-21-19-27(25-17-11-9-15-23(21)25)31(3,4)28(32(27,29)30)20-22(14-8-6-2)24-16-10-12-18-26(24)28/h9-12,15-20H,5-8,13-14H2,1-4H3. The van der Waals surface area contributed by atoms with Gasteiger partial charge in [0.15, 0.2) is 0 Å². The van der Waals surface area contributed by atoms with E-state index in [-0.39, 0.29) is 8.16 Å². The van der Waals surface area contributed by atoms with E-state index in [0.717, 1.165) is 12.8 Å². The zero-order valence-corrected chi connectivity index (χ0v) is 22.7. The van der Waals surface area contributed by atoms with Crippen molar-refractivity contribution in [3.63, 3.8) is 0 Å². The largest absolute Gasteiger partial charge is 0.201 e. The van der Waals surface area contributed by atoms with Gasteiger partial charge >= 0.3 is 0 Å². The Bertz CT molecular complexity index is 1020. The van der Waals surface area contributed by atoms with Gasteiger partial charge in [-0.15, -0.1) is 0 Å². The van der Waals surface area contributed by atoms with Crippen molar-refractivity contribution in [2.45, 2.75) is 60.5 Å². The van der Waals surface area contributed by atoms with Crippen LogP contribution in [0, 0.1) is 0 Å². The highest BCUT2D eigenvalue weighted by Crippen LogP contribution is 3.09. The summed E-state index contributed by atoms with van der Waals surface area (Å²) in [5.74, 6) is 0. The first-order chi connectivity index (χ1) is 15.3. The molecule has 2 unspecified atom stereocenters. The number of fused-ring (bicyclic) bond motifs is 4. The zero-order valence-electron chi connectivity index (χ0n) is 19.6. The fourth-order valence-corrected chi connectivity index (χ4v) is 23.4. The molecule has 2 atom stereocenters. The number of hydrogen-bond donors (Lipinski definition) is 0. The topological polar surface area (TPSA) is 0 Å². The van der Waals surface area contributed by atoms with Crippen LogP contribution in [0.2, 0.25) is 0 Å². The number of unbranched alkanes of at least 4 members (excludes halogenated alkanes) is 2. The highest BCUT2D eigenvalue weighted by molar-refractivity contribution is 8.82. The molecular weight excluding hydrogens is 471 g/mol. The number of allylic oxidation sites excluding steroid dienone is 2. The highest BCUT2D eigenvalue weighted by Gasteiger charge is 2.80. The lowest BCUT2D eigenvalue weighted by Gasteiger charge is -2.78. The van der Waals surface area contributed by atoms with Gasteiger partial charge in [0.05, 0.1) is 0 Å². The third kappa shape index (κ3) is 2.56.